The highest BCUT2D eigenvalue weighted by Crippen LogP contribution is 2.34. The summed E-state index contributed by atoms with van der Waals surface area (Å²) >= 11 is 0. The van der Waals surface area contributed by atoms with Crippen molar-refractivity contribution in [2.24, 2.45) is 5.92 Å². The minimum absolute atomic E-state index is 0.106. The third-order valence-corrected chi connectivity index (χ3v) is 6.93. The lowest BCUT2D eigenvalue weighted by molar-refractivity contribution is 0.0190. The molecule has 6 heteroatoms. The molecular formula is C33H36N2O4. The van der Waals surface area contributed by atoms with Crippen LogP contribution in [0.5, 0.6) is 5.88 Å². The third-order valence-electron chi connectivity index (χ3n) is 6.93. The molecule has 1 aliphatic rings. The van der Waals surface area contributed by atoms with E-state index in [0.717, 1.165) is 58.2 Å². The van der Waals surface area contributed by atoms with Gasteiger partial charge < -0.3 is 14.4 Å². The van der Waals surface area contributed by atoms with E-state index in [9.17, 15) is 9.59 Å². The smallest absolute Gasteiger partial charge is 0.410 e. The molecule has 0 spiro atoms. The van der Waals surface area contributed by atoms with Crippen LogP contribution in [0.4, 0.5) is 4.79 Å². The van der Waals surface area contributed by atoms with Gasteiger partial charge in [-0.3, -0.25) is 4.79 Å². The van der Waals surface area contributed by atoms with Crippen LogP contribution in [-0.2, 0) is 4.74 Å². The minimum Gasteiger partial charge on any atom is -0.480 e. The number of ether oxygens (including phenoxy) is 2. The van der Waals surface area contributed by atoms with Crippen molar-refractivity contribution in [3.63, 3.8) is 0 Å². The van der Waals surface area contributed by atoms with Crippen molar-refractivity contribution in [2.75, 3.05) is 20.2 Å². The first-order valence-corrected chi connectivity index (χ1v) is 13.3. The molecule has 1 unspecified atom stereocenters. The molecule has 1 atom stereocenters. The van der Waals surface area contributed by atoms with Gasteiger partial charge in [0.05, 0.1) is 18.4 Å². The van der Waals surface area contributed by atoms with E-state index < -0.39 is 5.60 Å². The summed E-state index contributed by atoms with van der Waals surface area (Å²) in [6.45, 7) is 11.1. The van der Waals surface area contributed by atoms with E-state index in [1.54, 1.807) is 11.0 Å². The number of carbonyl (C=O) groups is 2. The summed E-state index contributed by atoms with van der Waals surface area (Å²) in [7, 11) is 1.51. The number of carbonyl (C=O) groups excluding carboxylic acids is 2. The number of methoxy groups -OCH3 is 1. The molecule has 0 saturated carbocycles. The van der Waals surface area contributed by atoms with Crippen LogP contribution in [0.1, 0.15) is 60.7 Å². The monoisotopic (exact) mass is 524 g/mol. The molecule has 2 aromatic carbocycles. The number of hydrogen-bond acceptors (Lipinski definition) is 5. The van der Waals surface area contributed by atoms with Gasteiger partial charge in [-0.1, -0.05) is 42.2 Å². The number of pyridine rings is 1. The van der Waals surface area contributed by atoms with Crippen molar-refractivity contribution in [3.8, 4) is 40.1 Å². The Labute approximate surface area is 231 Å². The number of piperidine rings is 1. The second-order valence-electron chi connectivity index (χ2n) is 10.9. The van der Waals surface area contributed by atoms with E-state index in [0.29, 0.717) is 24.5 Å². The van der Waals surface area contributed by atoms with Crippen molar-refractivity contribution in [2.45, 2.75) is 53.1 Å². The molecule has 202 valence electrons. The van der Waals surface area contributed by atoms with Crippen LogP contribution in [0.2, 0.25) is 0 Å². The van der Waals surface area contributed by atoms with Crippen LogP contribution in [0.3, 0.4) is 0 Å². The molecule has 39 heavy (non-hydrogen) atoms. The number of amides is 1. The largest absolute Gasteiger partial charge is 0.480 e. The first-order valence-electron chi connectivity index (χ1n) is 13.3. The Balaban J connectivity index is 1.61. The van der Waals surface area contributed by atoms with Crippen LogP contribution in [0.15, 0.2) is 48.5 Å². The number of hydrogen-bond donors (Lipinski definition) is 0. The van der Waals surface area contributed by atoms with E-state index in [1.807, 2.05) is 51.1 Å². The van der Waals surface area contributed by atoms with Crippen LogP contribution >= 0.6 is 0 Å². The van der Waals surface area contributed by atoms with Crippen LogP contribution < -0.4 is 4.74 Å². The van der Waals surface area contributed by atoms with E-state index in [4.69, 9.17) is 9.47 Å². The fourth-order valence-electron chi connectivity index (χ4n) is 4.89. The Morgan fingerprint density at radius 3 is 2.41 bits per heavy atom. The van der Waals surface area contributed by atoms with Crippen LogP contribution in [-0.4, -0.2) is 48.1 Å². The van der Waals surface area contributed by atoms with Gasteiger partial charge in [0.1, 0.15) is 5.60 Å². The molecule has 1 fully saturated rings. The van der Waals surface area contributed by atoms with Crippen molar-refractivity contribution in [3.05, 3.63) is 70.8 Å². The lowest BCUT2D eigenvalue weighted by Gasteiger charge is -2.32. The number of likely N-dealkylation sites (tertiary alicyclic amines) is 1. The molecule has 1 saturated heterocycles. The maximum absolute atomic E-state index is 12.5. The molecule has 1 aromatic heterocycles. The van der Waals surface area contributed by atoms with Crippen molar-refractivity contribution in [1.29, 1.82) is 0 Å². The SMILES string of the molecule is COc1nc(-c2cccc(-c3cccc(C#CC4CCCN(C(=O)OC(C)(C)C)C4)c3C)c2C)ccc1C=O. The summed E-state index contributed by atoms with van der Waals surface area (Å²) < 4.78 is 10.9. The number of aldehydes is 1. The van der Waals surface area contributed by atoms with E-state index in [-0.39, 0.29) is 12.0 Å². The van der Waals surface area contributed by atoms with E-state index in [2.05, 4.69) is 42.8 Å². The molecule has 1 amide bonds. The first kappa shape index (κ1) is 27.9. The normalized spacial score (nSPS) is 15.2. The Hall–Kier alpha value is -4.11. The molecular weight excluding hydrogens is 488 g/mol. The lowest BCUT2D eigenvalue weighted by Crippen LogP contribution is -2.42. The maximum atomic E-state index is 12.5. The van der Waals surface area contributed by atoms with Crippen LogP contribution in [0, 0.1) is 31.6 Å². The van der Waals surface area contributed by atoms with Crippen molar-refractivity contribution < 1.29 is 19.1 Å². The molecule has 2 heterocycles. The second-order valence-corrected chi connectivity index (χ2v) is 10.9. The fourth-order valence-corrected chi connectivity index (χ4v) is 4.89. The van der Waals surface area contributed by atoms with Gasteiger partial charge in [0.15, 0.2) is 6.29 Å². The van der Waals surface area contributed by atoms with Gasteiger partial charge in [-0.05, 0) is 87.9 Å². The summed E-state index contributed by atoms with van der Waals surface area (Å²) in [5.74, 6) is 7.25. The standard InChI is InChI=1S/C33H36N2O4/c1-22-25(16-15-24-10-9-19-35(20-24)32(37)39-33(3,4)5)11-7-12-27(22)28-13-8-14-29(23(28)2)30-18-17-26(21-36)31(34-30)38-6/h7-8,11-14,17-18,21,24H,9-10,19-20H2,1-6H3. The number of nitrogens with zero attached hydrogens (tertiary/aromatic N) is 2. The molecule has 1 aliphatic heterocycles. The molecule has 0 bridgehead atoms. The number of rotatable bonds is 4. The van der Waals surface area contributed by atoms with Gasteiger partial charge >= 0.3 is 6.09 Å². The Kier molecular flexibility index (Phi) is 8.40. The third kappa shape index (κ3) is 6.49. The zero-order chi connectivity index (χ0) is 28.2. The zero-order valence-electron chi connectivity index (χ0n) is 23.6. The topological polar surface area (TPSA) is 68.7 Å². The Bertz CT molecular complexity index is 1440. The van der Waals surface area contributed by atoms with Crippen molar-refractivity contribution >= 4 is 12.4 Å². The maximum Gasteiger partial charge on any atom is 0.410 e. The van der Waals surface area contributed by atoms with E-state index >= 15 is 0 Å². The highest BCUT2D eigenvalue weighted by molar-refractivity contribution is 5.82. The van der Waals surface area contributed by atoms with Gasteiger partial charge in [-0.25, -0.2) is 9.78 Å². The molecule has 0 aliphatic carbocycles. The summed E-state index contributed by atoms with van der Waals surface area (Å²) in [6.07, 6.45) is 2.36. The average Bonchev–Trinajstić information content (AvgIpc) is 2.91. The number of aromatic nitrogens is 1. The lowest BCUT2D eigenvalue weighted by atomic mass is 9.90. The first-order chi connectivity index (χ1) is 18.6. The predicted molar refractivity (Wildman–Crippen MR) is 154 cm³/mol. The van der Waals surface area contributed by atoms with Gasteiger partial charge in [0.2, 0.25) is 5.88 Å². The Morgan fingerprint density at radius 2 is 1.72 bits per heavy atom. The van der Waals surface area contributed by atoms with Gasteiger partial charge in [0, 0.05) is 30.1 Å². The van der Waals surface area contributed by atoms with Gasteiger partial charge in [-0.2, -0.15) is 0 Å². The van der Waals surface area contributed by atoms with Gasteiger partial charge in [0.25, 0.3) is 0 Å². The molecule has 4 rings (SSSR count). The predicted octanol–water partition coefficient (Wildman–Crippen LogP) is 6.85. The summed E-state index contributed by atoms with van der Waals surface area (Å²) in [6, 6.07) is 15.9. The second kappa shape index (κ2) is 11.7. The summed E-state index contributed by atoms with van der Waals surface area (Å²) in [4.78, 5) is 30.2. The molecule has 6 nitrogen and oxygen atoms in total. The van der Waals surface area contributed by atoms with E-state index in [1.165, 1.54) is 7.11 Å². The Morgan fingerprint density at radius 1 is 1.03 bits per heavy atom. The molecule has 0 N–H and O–H groups in total. The summed E-state index contributed by atoms with van der Waals surface area (Å²) in [5, 5.41) is 0. The quantitative estimate of drug-likeness (QED) is 0.276. The minimum atomic E-state index is -0.510. The van der Waals surface area contributed by atoms with Gasteiger partial charge in [-0.15, -0.1) is 0 Å². The van der Waals surface area contributed by atoms with Crippen LogP contribution in [0.25, 0.3) is 22.4 Å². The number of benzene rings is 2. The molecule has 3 aromatic rings. The fraction of sp³-hybridized carbons (Fsp3) is 0.364. The average molecular weight is 525 g/mol. The van der Waals surface area contributed by atoms with Crippen molar-refractivity contribution in [1.82, 2.24) is 9.88 Å². The highest BCUT2D eigenvalue weighted by atomic mass is 16.6. The zero-order valence-corrected chi connectivity index (χ0v) is 23.6. The molecule has 0 radical (unpaired) electrons. The highest BCUT2D eigenvalue weighted by Gasteiger charge is 2.27. The summed E-state index contributed by atoms with van der Waals surface area (Å²) in [5.41, 5.74) is 7.00.